The summed E-state index contributed by atoms with van der Waals surface area (Å²) in [6.07, 6.45) is -4.41. The Balaban J connectivity index is 2.33. The lowest BCUT2D eigenvalue weighted by molar-refractivity contribution is -0.144. The third kappa shape index (κ3) is 31.0. The Kier molecular flexibility index (Phi) is 38.1. The Morgan fingerprint density at radius 3 is 1.35 bits per heavy atom. The van der Waals surface area contributed by atoms with Gasteiger partial charge in [0.15, 0.2) is 0 Å². The van der Waals surface area contributed by atoms with Gasteiger partial charge in [-0.1, -0.05) is 59.7 Å². The third-order valence-corrected chi connectivity index (χ3v) is 16.1. The molecule has 580 valence electrons. The number of aliphatic hydroxyl groups excluding tert-OH is 2. The number of para-hydroxylation sites is 1. The third-order valence-electron chi connectivity index (χ3n) is 16.1. The van der Waals surface area contributed by atoms with E-state index in [0.29, 0.717) is 22.9 Å². The van der Waals surface area contributed by atoms with E-state index in [0.717, 1.165) is 6.92 Å². The number of aliphatic hydroxyl groups is 2. The number of carbonyl (C=O) groups is 17. The number of unbranched alkanes of at least 4 members (excludes halogenated alkanes) is 1. The van der Waals surface area contributed by atoms with Gasteiger partial charge in [0.1, 0.15) is 72.5 Å². The van der Waals surface area contributed by atoms with E-state index in [1.807, 2.05) is 5.32 Å². The van der Waals surface area contributed by atoms with Crippen molar-refractivity contribution in [3.05, 3.63) is 36.0 Å². The number of nitrogens with one attached hydrogen (secondary N) is 13. The van der Waals surface area contributed by atoms with Gasteiger partial charge in [-0.25, -0.2) is 4.79 Å². The average Bonchev–Trinajstić information content (AvgIpc) is 1.53. The number of H-pyrrole nitrogens is 1. The number of benzene rings is 1. The van der Waals surface area contributed by atoms with Crippen LogP contribution in [0.25, 0.3) is 10.9 Å². The zero-order chi connectivity index (χ0) is 79.0. The van der Waals surface area contributed by atoms with Crippen LogP contribution >= 0.6 is 0 Å². The van der Waals surface area contributed by atoms with Crippen molar-refractivity contribution in [3.8, 4) is 0 Å². The average molecular weight is 1480 g/mol. The molecule has 0 spiro atoms. The second kappa shape index (κ2) is 44.2. The summed E-state index contributed by atoms with van der Waals surface area (Å²) in [5.74, 6) is -22.0. The van der Waals surface area contributed by atoms with Crippen molar-refractivity contribution >= 4 is 112 Å². The fourth-order valence-corrected chi connectivity index (χ4v) is 10.2. The van der Waals surface area contributed by atoms with Crippen LogP contribution < -0.4 is 75.3 Å². The number of aliphatic carboxylic acids is 5. The highest BCUT2D eigenvalue weighted by Gasteiger charge is 2.39. The number of carboxylic acids is 5. The minimum absolute atomic E-state index is 0.0843. The van der Waals surface area contributed by atoms with Gasteiger partial charge in [0, 0.05) is 42.8 Å². The summed E-state index contributed by atoms with van der Waals surface area (Å²) in [5, 5.41) is 96.7. The maximum absolute atomic E-state index is 14.5. The highest BCUT2D eigenvalue weighted by Crippen LogP contribution is 2.21. The van der Waals surface area contributed by atoms with Crippen LogP contribution in [0.5, 0.6) is 0 Å². The van der Waals surface area contributed by atoms with Crippen LogP contribution in [0.15, 0.2) is 30.5 Å². The fraction of sp³-hybridized carbons (Fsp3) is 0.615. The molecule has 104 heavy (non-hydrogen) atoms. The maximum atomic E-state index is 14.5. The van der Waals surface area contributed by atoms with Gasteiger partial charge in [-0.3, -0.25) is 76.7 Å². The van der Waals surface area contributed by atoms with Crippen molar-refractivity contribution < 1.29 is 117 Å². The van der Waals surface area contributed by atoms with Crippen LogP contribution in [0.3, 0.4) is 0 Å². The van der Waals surface area contributed by atoms with Crippen molar-refractivity contribution in [1.29, 1.82) is 0 Å². The monoisotopic (exact) mass is 1480 g/mol. The molecule has 1 heterocycles. The summed E-state index contributed by atoms with van der Waals surface area (Å²) in [4.78, 5) is 226. The van der Waals surface area contributed by atoms with Crippen LogP contribution in [0, 0.1) is 17.8 Å². The molecule has 1 aromatic heterocycles. The molecule has 0 saturated heterocycles. The molecule has 0 unspecified atom stereocenters. The molecular formula is C65H101N15O24. The molecule has 0 aliphatic rings. The zero-order valence-corrected chi connectivity index (χ0v) is 59.3. The first kappa shape index (κ1) is 89.7. The highest BCUT2D eigenvalue weighted by molar-refractivity contribution is 6.00. The number of rotatable bonds is 48. The minimum atomic E-state index is -1.94. The van der Waals surface area contributed by atoms with E-state index in [1.54, 1.807) is 44.3 Å². The van der Waals surface area contributed by atoms with Gasteiger partial charge in [-0.05, 0) is 102 Å². The standard InChI is InChI=1S/C65H101N15O24/c1-29(2)24-42(58(96)75-43(25-35-27-68-38-15-11-10-14-36(35)38)60(98)79-50(30(3)4)62(100)76-44(26-49(89)90)59(97)73-41(65(103)104)19-22-48(87)88)74-53(91)32(7)70-64(102)52(34(9)82)80-63(101)51(31(5)6)78-54(92)33(8)69-61(99)45(28-81)77-56(94)39(16-12-13-23-66)72-57(95)40(18-21-47(85)86)71-55(93)37(67)17-20-46(83)84/h10-11,14-15,27,29-34,37,39-45,50-52,68,81-82H,12-13,16-26,28,66-67H2,1-9H3,(H,69,99)(H,70,102)(H,71,93)(H,72,95)(H,73,97)(H,74,91)(H,75,96)(H,76,100)(H,77,94)(H,78,92)(H,79,98)(H,80,101)(H,83,84)(H,85,86)(H,87,88)(H,89,90)(H,103,104)/t32-,33-,34+,37-,39-,40-,41-,42-,43-,44-,45-,50-,51-,52-/m0/s1. The van der Waals surface area contributed by atoms with Gasteiger partial charge in [0.25, 0.3) is 0 Å². The molecule has 2 rings (SSSR count). The molecule has 0 radical (unpaired) electrons. The normalized spacial score (nSPS) is 15.3. The number of carboxylic acid groups (broad SMARTS) is 5. The predicted molar refractivity (Wildman–Crippen MR) is 366 cm³/mol. The lowest BCUT2D eigenvalue weighted by Crippen LogP contribution is -2.62. The van der Waals surface area contributed by atoms with Gasteiger partial charge in [0.2, 0.25) is 70.9 Å². The maximum Gasteiger partial charge on any atom is 0.326 e. The van der Waals surface area contributed by atoms with Crippen molar-refractivity contribution in [2.24, 2.45) is 29.2 Å². The fourth-order valence-electron chi connectivity index (χ4n) is 10.2. The van der Waals surface area contributed by atoms with Gasteiger partial charge >= 0.3 is 29.8 Å². The Morgan fingerprint density at radius 2 is 0.827 bits per heavy atom. The number of amides is 12. The minimum Gasteiger partial charge on any atom is -0.481 e. The number of hydrogen-bond donors (Lipinski definition) is 22. The zero-order valence-electron chi connectivity index (χ0n) is 59.3. The van der Waals surface area contributed by atoms with E-state index in [4.69, 9.17) is 21.7 Å². The van der Waals surface area contributed by atoms with E-state index in [2.05, 4.69) is 63.5 Å². The quantitative estimate of drug-likeness (QED) is 0.0276. The lowest BCUT2D eigenvalue weighted by Gasteiger charge is -2.29. The predicted octanol–water partition coefficient (Wildman–Crippen LogP) is -5.09. The van der Waals surface area contributed by atoms with Gasteiger partial charge < -0.3 is 116 Å². The smallest absolute Gasteiger partial charge is 0.326 e. The van der Waals surface area contributed by atoms with Crippen LogP contribution in [-0.2, 0) is 87.9 Å². The van der Waals surface area contributed by atoms with Crippen molar-refractivity contribution in [2.75, 3.05) is 13.2 Å². The second-order valence-corrected chi connectivity index (χ2v) is 26.1. The first-order chi connectivity index (χ1) is 48.6. The molecule has 24 N–H and O–H groups in total. The molecule has 0 bridgehead atoms. The molecule has 0 aliphatic heterocycles. The molecule has 39 nitrogen and oxygen atoms in total. The molecule has 0 aliphatic carbocycles. The summed E-state index contributed by atoms with van der Waals surface area (Å²) >= 11 is 0. The van der Waals surface area contributed by atoms with E-state index in [1.165, 1.54) is 41.5 Å². The molecule has 39 heteroatoms. The number of aromatic amines is 1. The SMILES string of the molecule is CC(C)C[C@H](NC(=O)[C@H](C)NC(=O)[C@@H](NC(=O)[C@@H](NC(=O)[C@H](C)NC(=O)[C@H](CO)NC(=O)[C@H](CCCCN)NC(=O)[C@H](CCC(=O)O)NC(=O)[C@@H](N)CCC(=O)O)C(C)C)[C@@H](C)O)C(=O)N[C@@H](Cc1c[nH]c2ccccc12)C(=O)N[C@H](C(=O)N[C@@H](CC(=O)O)C(=O)N[C@@H](CCC(=O)O)C(=O)O)C(C)C. The molecule has 1 aromatic carbocycles. The summed E-state index contributed by atoms with van der Waals surface area (Å²) in [5.41, 5.74) is 12.5. The first-order valence-corrected chi connectivity index (χ1v) is 33.7. The second-order valence-electron chi connectivity index (χ2n) is 26.1. The summed E-state index contributed by atoms with van der Waals surface area (Å²) < 4.78 is 0. The Morgan fingerprint density at radius 1 is 0.423 bits per heavy atom. The first-order valence-electron chi connectivity index (χ1n) is 33.7. The lowest BCUT2D eigenvalue weighted by atomic mass is 9.98. The van der Waals surface area contributed by atoms with Crippen molar-refractivity contribution in [3.63, 3.8) is 0 Å². The van der Waals surface area contributed by atoms with Gasteiger partial charge in [-0.2, -0.15) is 0 Å². The molecule has 12 amide bonds. The summed E-state index contributed by atoms with van der Waals surface area (Å²) in [6, 6.07) is -14.1. The highest BCUT2D eigenvalue weighted by atomic mass is 16.4. The Bertz CT molecular complexity index is 3360. The largest absolute Gasteiger partial charge is 0.481 e. The number of carbonyl (C=O) groups excluding carboxylic acids is 12. The van der Waals surface area contributed by atoms with Crippen molar-refractivity contribution in [1.82, 2.24) is 68.8 Å². The van der Waals surface area contributed by atoms with Crippen LogP contribution in [0.2, 0.25) is 0 Å². The molecule has 0 saturated carbocycles. The number of hydrogen-bond acceptors (Lipinski definition) is 21. The molecule has 2 aromatic rings. The number of aromatic nitrogens is 1. The van der Waals surface area contributed by atoms with Crippen LogP contribution in [0.4, 0.5) is 0 Å². The van der Waals surface area contributed by atoms with Gasteiger partial charge in [0.05, 0.1) is 25.2 Å². The number of nitrogens with two attached hydrogens (primary N) is 2. The van der Waals surface area contributed by atoms with E-state index < -0.39 is 242 Å². The Hall–Kier alpha value is -10.4. The van der Waals surface area contributed by atoms with Crippen LogP contribution in [0.1, 0.15) is 139 Å². The summed E-state index contributed by atoms with van der Waals surface area (Å²) in [7, 11) is 0. The Labute approximate surface area is 598 Å². The van der Waals surface area contributed by atoms with E-state index >= 15 is 0 Å². The van der Waals surface area contributed by atoms with E-state index in [-0.39, 0.29) is 44.6 Å². The summed E-state index contributed by atoms with van der Waals surface area (Å²) in [6.45, 7) is 11.9. The number of fused-ring (bicyclic) bond motifs is 1. The topological polar surface area (TPSA) is 644 Å². The van der Waals surface area contributed by atoms with Gasteiger partial charge in [-0.15, -0.1) is 0 Å². The van der Waals surface area contributed by atoms with E-state index in [9.17, 15) is 107 Å². The molecule has 14 atom stereocenters. The van der Waals surface area contributed by atoms with Crippen LogP contribution in [-0.4, -0.2) is 239 Å². The van der Waals surface area contributed by atoms with Crippen molar-refractivity contribution in [2.45, 2.75) is 224 Å². The molecule has 0 fully saturated rings. The molecular weight excluding hydrogens is 1370 g/mol.